The maximum atomic E-state index is 14.2. The second kappa shape index (κ2) is 10.4. The molecule has 244 valence electrons. The minimum Gasteiger partial charge on any atom is -0.478 e. The molecule has 0 spiro atoms. The lowest BCUT2D eigenvalue weighted by atomic mass is 9.33. The van der Waals surface area contributed by atoms with Crippen LogP contribution in [-0.4, -0.2) is 47.6 Å². The number of hydrogen-bond donors (Lipinski definition) is 2. The van der Waals surface area contributed by atoms with Gasteiger partial charge in [0.05, 0.1) is 10.5 Å². The highest BCUT2D eigenvalue weighted by atomic mass is 32.2. The number of aromatic carboxylic acids is 1. The molecule has 7 heteroatoms. The van der Waals surface area contributed by atoms with Crippen molar-refractivity contribution in [2.45, 2.75) is 116 Å². The van der Waals surface area contributed by atoms with Gasteiger partial charge in [-0.1, -0.05) is 39.0 Å². The van der Waals surface area contributed by atoms with E-state index in [0.29, 0.717) is 36.8 Å². The molecule has 1 aromatic rings. The molecule has 2 N–H and O–H groups in total. The predicted molar refractivity (Wildman–Crippen MR) is 174 cm³/mol. The van der Waals surface area contributed by atoms with E-state index in [4.69, 9.17) is 0 Å². The van der Waals surface area contributed by atoms with Crippen LogP contribution in [0.1, 0.15) is 116 Å². The molecule has 0 radical (unpaired) electrons. The zero-order chi connectivity index (χ0) is 32.1. The number of allylic oxidation sites excluding steroid dienone is 1. The molecule has 1 aromatic carbocycles. The third kappa shape index (κ3) is 4.23. The topological polar surface area (TPSA) is 94.9 Å². The van der Waals surface area contributed by atoms with Crippen LogP contribution < -0.4 is 0 Å². The predicted octanol–water partition coefficient (Wildman–Crippen LogP) is 7.78. The van der Waals surface area contributed by atoms with Gasteiger partial charge in [-0.15, -0.1) is 0 Å². The molecule has 9 atom stereocenters. The fourth-order valence-electron chi connectivity index (χ4n) is 12.8. The lowest BCUT2D eigenvalue weighted by molar-refractivity contribution is -0.228. The van der Waals surface area contributed by atoms with E-state index in [-0.39, 0.29) is 38.0 Å². The van der Waals surface area contributed by atoms with E-state index in [9.17, 15) is 23.4 Å². The maximum Gasteiger partial charge on any atom is 0.335 e. The van der Waals surface area contributed by atoms with E-state index in [1.165, 1.54) is 30.2 Å². The summed E-state index contributed by atoms with van der Waals surface area (Å²) in [7, 11) is -3.90. The fraction of sp³-hybridized carbons (Fsp3) is 0.757. The standard InChI is InChI=1S/C37H55NO5S/c1-24(2)27-14-18-37(23-39)20-19-35(6)28(31(27)37)12-13-30-34(5)16-9-21-38(33(3,4)29(34)15-17-36(30,35)7)44(42,43)26-11-8-10-25(22-26)32(40)41/h8,10-11,22,27-31,39H,1,9,12-21,23H2,2-7H3,(H,40,41)/t27-,28+,29?,30+,31+,34-,35+,36+,37+/m0/s1. The van der Waals surface area contributed by atoms with Crippen molar-refractivity contribution in [3.63, 3.8) is 0 Å². The minimum atomic E-state index is -3.90. The van der Waals surface area contributed by atoms with Gasteiger partial charge in [0.15, 0.2) is 0 Å². The summed E-state index contributed by atoms with van der Waals surface area (Å²) in [6.45, 7) is 19.3. The van der Waals surface area contributed by atoms with Crippen LogP contribution in [0.3, 0.4) is 0 Å². The van der Waals surface area contributed by atoms with E-state index in [1.54, 1.807) is 10.4 Å². The Morgan fingerprint density at radius 1 is 0.955 bits per heavy atom. The molecule has 5 fully saturated rings. The summed E-state index contributed by atoms with van der Waals surface area (Å²) >= 11 is 0. The lowest BCUT2D eigenvalue weighted by Crippen LogP contribution is -2.66. The summed E-state index contributed by atoms with van der Waals surface area (Å²) in [4.78, 5) is 11.8. The molecule has 6 rings (SSSR count). The quantitative estimate of drug-likeness (QED) is 0.326. The zero-order valence-electron chi connectivity index (χ0n) is 27.9. The van der Waals surface area contributed by atoms with Gasteiger partial charge in [0.2, 0.25) is 10.0 Å². The third-order valence-corrected chi connectivity index (χ3v) is 17.1. The van der Waals surface area contributed by atoms with Crippen LogP contribution in [0.4, 0.5) is 0 Å². The van der Waals surface area contributed by atoms with Crippen molar-refractivity contribution in [1.29, 1.82) is 0 Å². The number of carbonyl (C=O) groups is 1. The maximum absolute atomic E-state index is 14.2. The molecule has 1 aliphatic heterocycles. The van der Waals surface area contributed by atoms with Gasteiger partial charge in [0.1, 0.15) is 0 Å². The molecule has 4 aliphatic carbocycles. The molecule has 5 aliphatic rings. The molecule has 0 aromatic heterocycles. The Labute approximate surface area is 265 Å². The van der Waals surface area contributed by atoms with Gasteiger partial charge < -0.3 is 10.2 Å². The highest BCUT2D eigenvalue weighted by molar-refractivity contribution is 7.89. The van der Waals surface area contributed by atoms with Gasteiger partial charge in [-0.25, -0.2) is 13.2 Å². The van der Waals surface area contributed by atoms with Gasteiger partial charge in [-0.05, 0) is 154 Å². The van der Waals surface area contributed by atoms with Crippen molar-refractivity contribution >= 4 is 16.0 Å². The summed E-state index contributed by atoms with van der Waals surface area (Å²) in [5.41, 5.74) is 1.02. The molecular weight excluding hydrogens is 570 g/mol. The molecule has 0 bridgehead atoms. The Balaban J connectivity index is 1.36. The Bertz CT molecular complexity index is 1450. The van der Waals surface area contributed by atoms with Crippen LogP contribution in [0, 0.1) is 51.2 Å². The molecule has 1 unspecified atom stereocenters. The summed E-state index contributed by atoms with van der Waals surface area (Å²) in [5, 5.41) is 20.4. The van der Waals surface area contributed by atoms with E-state index in [2.05, 4.69) is 48.1 Å². The highest BCUT2D eigenvalue weighted by Crippen LogP contribution is 2.76. The number of hydrogen-bond acceptors (Lipinski definition) is 4. The van der Waals surface area contributed by atoms with Crippen LogP contribution in [0.15, 0.2) is 41.3 Å². The second-order valence-electron chi connectivity index (χ2n) is 16.9. The van der Waals surface area contributed by atoms with E-state index >= 15 is 0 Å². The van der Waals surface area contributed by atoms with Crippen molar-refractivity contribution in [2.75, 3.05) is 13.2 Å². The number of aliphatic hydroxyl groups excluding tert-OH is 1. The zero-order valence-corrected chi connectivity index (χ0v) is 28.7. The molecule has 1 heterocycles. The van der Waals surface area contributed by atoms with E-state index in [1.807, 2.05) is 0 Å². The van der Waals surface area contributed by atoms with Gasteiger partial charge >= 0.3 is 5.97 Å². The van der Waals surface area contributed by atoms with Crippen molar-refractivity contribution < 1.29 is 23.4 Å². The first-order valence-corrected chi connectivity index (χ1v) is 18.6. The third-order valence-electron chi connectivity index (χ3n) is 15.1. The number of carboxylic acids is 1. The highest BCUT2D eigenvalue weighted by Gasteiger charge is 2.70. The van der Waals surface area contributed by atoms with Gasteiger partial charge in [0.25, 0.3) is 0 Å². The summed E-state index contributed by atoms with van der Waals surface area (Å²) < 4.78 is 30.2. The van der Waals surface area contributed by atoms with Gasteiger partial charge in [0, 0.05) is 18.7 Å². The first-order chi connectivity index (χ1) is 20.5. The molecule has 4 saturated carbocycles. The number of rotatable bonds is 5. The summed E-state index contributed by atoms with van der Waals surface area (Å²) in [6, 6.07) is 5.84. The molecule has 1 saturated heterocycles. The number of sulfonamides is 1. The van der Waals surface area contributed by atoms with E-state index in [0.717, 1.165) is 57.8 Å². The van der Waals surface area contributed by atoms with E-state index < -0.39 is 21.5 Å². The van der Waals surface area contributed by atoms with Crippen LogP contribution in [0.5, 0.6) is 0 Å². The van der Waals surface area contributed by atoms with Crippen LogP contribution in [0.2, 0.25) is 0 Å². The monoisotopic (exact) mass is 625 g/mol. The van der Waals surface area contributed by atoms with Crippen molar-refractivity contribution in [2.24, 2.45) is 51.2 Å². The molecule has 44 heavy (non-hydrogen) atoms. The Hall–Kier alpha value is -1.70. The average Bonchev–Trinajstić information content (AvgIpc) is 3.31. The first-order valence-electron chi connectivity index (χ1n) is 17.1. The Morgan fingerprint density at radius 2 is 1.68 bits per heavy atom. The molecule has 0 amide bonds. The number of fused-ring (bicyclic) bond motifs is 7. The molecular formula is C37H55NO5S. The van der Waals surface area contributed by atoms with Crippen molar-refractivity contribution in [1.82, 2.24) is 4.31 Å². The normalized spacial score (nSPS) is 43.6. The number of carboxylic acid groups (broad SMARTS) is 1. The number of benzene rings is 1. The summed E-state index contributed by atoms with van der Waals surface area (Å²) in [6.07, 6.45) is 10.8. The first kappa shape index (κ1) is 32.2. The SMILES string of the molecule is C=C(C)[C@@H]1CC[C@]2(CO)CC[C@]3(C)[C@H](CC[C@@H]4[C@@]5(C)CCCN(S(=O)(=O)c6cccc(C(=O)O)c6)C(C)(C)C5CC[C@]43C)[C@@H]12. The Kier molecular flexibility index (Phi) is 7.62. The van der Waals surface area contributed by atoms with Crippen LogP contribution in [0.25, 0.3) is 0 Å². The smallest absolute Gasteiger partial charge is 0.335 e. The Morgan fingerprint density at radius 3 is 2.34 bits per heavy atom. The largest absolute Gasteiger partial charge is 0.478 e. The second-order valence-corrected chi connectivity index (χ2v) is 18.7. The fourth-order valence-corrected chi connectivity index (χ4v) is 14.7. The summed E-state index contributed by atoms with van der Waals surface area (Å²) in [5.74, 6) is 1.15. The van der Waals surface area contributed by atoms with Gasteiger partial charge in [-0.3, -0.25) is 0 Å². The number of nitrogens with zero attached hydrogens (tertiary/aromatic N) is 1. The van der Waals surface area contributed by atoms with Crippen LogP contribution >= 0.6 is 0 Å². The number of aliphatic hydroxyl groups is 1. The van der Waals surface area contributed by atoms with Crippen LogP contribution in [-0.2, 0) is 10.0 Å². The van der Waals surface area contributed by atoms with Gasteiger partial charge in [-0.2, -0.15) is 4.31 Å². The molecule has 6 nitrogen and oxygen atoms in total. The van der Waals surface area contributed by atoms with Crippen molar-refractivity contribution in [3.8, 4) is 0 Å². The average molecular weight is 626 g/mol. The lowest BCUT2D eigenvalue weighted by Gasteiger charge is -2.71. The van der Waals surface area contributed by atoms with Crippen molar-refractivity contribution in [3.05, 3.63) is 42.0 Å². The minimum absolute atomic E-state index is 0.00386.